The SMILES string of the molecule is CCCCCCCCOc1ccc(/C=C2/SC(=S)N(C(CC)C(=O)O)C2=O)cc1OCC. The third-order valence-electron chi connectivity index (χ3n) is 5.13. The molecule has 1 aromatic carbocycles. The van der Waals surface area contributed by atoms with Crippen molar-refractivity contribution >= 4 is 46.3 Å². The average Bonchev–Trinajstić information content (AvgIpc) is 3.03. The monoisotopic (exact) mass is 479 g/mol. The number of thiocarbonyl (C=S) groups is 1. The number of carbonyl (C=O) groups is 2. The highest BCUT2D eigenvalue weighted by atomic mass is 32.2. The third-order valence-corrected chi connectivity index (χ3v) is 6.46. The van der Waals surface area contributed by atoms with Crippen LogP contribution >= 0.6 is 24.0 Å². The molecule has 0 radical (unpaired) electrons. The lowest BCUT2D eigenvalue weighted by Crippen LogP contribution is -2.43. The van der Waals surface area contributed by atoms with Crippen LogP contribution < -0.4 is 9.47 Å². The molecule has 0 aliphatic carbocycles. The molecule has 176 valence electrons. The van der Waals surface area contributed by atoms with Crippen molar-refractivity contribution < 1.29 is 24.2 Å². The van der Waals surface area contributed by atoms with Gasteiger partial charge >= 0.3 is 5.97 Å². The predicted molar refractivity (Wildman–Crippen MR) is 133 cm³/mol. The molecule has 1 amide bonds. The maximum Gasteiger partial charge on any atom is 0.326 e. The van der Waals surface area contributed by atoms with E-state index in [0.29, 0.717) is 29.6 Å². The molecule has 1 unspecified atom stereocenters. The predicted octanol–water partition coefficient (Wildman–Crippen LogP) is 5.89. The fourth-order valence-corrected chi connectivity index (χ4v) is 4.79. The largest absolute Gasteiger partial charge is 0.490 e. The molecule has 6 nitrogen and oxygen atoms in total. The topological polar surface area (TPSA) is 76.1 Å². The molecule has 1 fully saturated rings. The zero-order valence-electron chi connectivity index (χ0n) is 19.1. The van der Waals surface area contributed by atoms with Gasteiger partial charge in [0.2, 0.25) is 0 Å². The Morgan fingerprint density at radius 3 is 2.50 bits per heavy atom. The van der Waals surface area contributed by atoms with Crippen LogP contribution in [0.2, 0.25) is 0 Å². The van der Waals surface area contributed by atoms with E-state index in [1.807, 2.05) is 25.1 Å². The van der Waals surface area contributed by atoms with E-state index in [1.54, 1.807) is 13.0 Å². The first-order chi connectivity index (χ1) is 15.4. The van der Waals surface area contributed by atoms with E-state index >= 15 is 0 Å². The Hall–Kier alpha value is -2.06. The van der Waals surface area contributed by atoms with E-state index in [4.69, 9.17) is 21.7 Å². The van der Waals surface area contributed by atoms with Gasteiger partial charge in [-0.3, -0.25) is 9.69 Å². The number of carbonyl (C=O) groups excluding carboxylic acids is 1. The zero-order chi connectivity index (χ0) is 23.5. The number of nitrogens with zero attached hydrogens (tertiary/aromatic N) is 1. The summed E-state index contributed by atoms with van der Waals surface area (Å²) in [7, 11) is 0. The summed E-state index contributed by atoms with van der Waals surface area (Å²) in [6.07, 6.45) is 9.18. The van der Waals surface area contributed by atoms with Crippen molar-refractivity contribution in [2.45, 2.75) is 71.8 Å². The summed E-state index contributed by atoms with van der Waals surface area (Å²) in [4.78, 5) is 25.9. The lowest BCUT2D eigenvalue weighted by Gasteiger charge is -2.21. The Morgan fingerprint density at radius 1 is 1.12 bits per heavy atom. The summed E-state index contributed by atoms with van der Waals surface area (Å²) in [6.45, 7) is 6.97. The smallest absolute Gasteiger partial charge is 0.326 e. The summed E-state index contributed by atoms with van der Waals surface area (Å²) in [6, 6.07) is 4.59. The van der Waals surface area contributed by atoms with Crippen LogP contribution in [0.25, 0.3) is 6.08 Å². The van der Waals surface area contributed by atoms with E-state index in [9.17, 15) is 14.7 Å². The van der Waals surface area contributed by atoms with Crippen molar-refractivity contribution in [2.75, 3.05) is 13.2 Å². The van der Waals surface area contributed by atoms with Gasteiger partial charge in [0.1, 0.15) is 10.4 Å². The first-order valence-electron chi connectivity index (χ1n) is 11.3. The number of hydrogen-bond donors (Lipinski definition) is 1. The number of ether oxygens (including phenoxy) is 2. The molecular formula is C24H33NO5S2. The molecule has 32 heavy (non-hydrogen) atoms. The number of benzene rings is 1. The minimum absolute atomic E-state index is 0.263. The Bertz CT molecular complexity index is 840. The van der Waals surface area contributed by atoms with Gasteiger partial charge in [0.25, 0.3) is 5.91 Å². The quantitative estimate of drug-likeness (QED) is 0.203. The summed E-state index contributed by atoms with van der Waals surface area (Å²) in [5.41, 5.74) is 0.768. The Labute approximate surface area is 200 Å². The first-order valence-corrected chi connectivity index (χ1v) is 12.5. The molecule has 1 N–H and O–H groups in total. The Morgan fingerprint density at radius 2 is 1.84 bits per heavy atom. The van der Waals surface area contributed by atoms with Crippen molar-refractivity contribution in [1.29, 1.82) is 0 Å². The maximum absolute atomic E-state index is 12.8. The molecule has 0 bridgehead atoms. The van der Waals surface area contributed by atoms with Crippen LogP contribution in [0.1, 0.15) is 71.3 Å². The first kappa shape index (κ1) is 26.2. The lowest BCUT2D eigenvalue weighted by molar-refractivity contribution is -0.145. The number of rotatable bonds is 14. The number of unbranched alkanes of at least 4 members (excludes halogenated alkanes) is 5. The van der Waals surface area contributed by atoms with Crippen molar-refractivity contribution in [1.82, 2.24) is 4.90 Å². The molecule has 8 heteroatoms. The zero-order valence-corrected chi connectivity index (χ0v) is 20.7. The highest BCUT2D eigenvalue weighted by Crippen LogP contribution is 2.36. The third kappa shape index (κ3) is 7.24. The molecule has 1 heterocycles. The number of carboxylic acids is 1. The van der Waals surface area contributed by atoms with Crippen LogP contribution in [0.5, 0.6) is 11.5 Å². The van der Waals surface area contributed by atoms with E-state index in [1.165, 1.54) is 30.6 Å². The Kier molecular flexibility index (Phi) is 11.0. The van der Waals surface area contributed by atoms with Crippen LogP contribution in [0, 0.1) is 0 Å². The minimum atomic E-state index is -1.06. The van der Waals surface area contributed by atoms with Crippen LogP contribution in [0.3, 0.4) is 0 Å². The van der Waals surface area contributed by atoms with Gasteiger partial charge in [-0.25, -0.2) is 4.79 Å². The van der Waals surface area contributed by atoms with Gasteiger partial charge in [0, 0.05) is 0 Å². The van der Waals surface area contributed by atoms with Gasteiger partial charge in [0.05, 0.1) is 18.1 Å². The summed E-state index contributed by atoms with van der Waals surface area (Å²) >= 11 is 6.39. The number of aliphatic carboxylic acids is 1. The van der Waals surface area contributed by atoms with Crippen LogP contribution in [0.15, 0.2) is 23.1 Å². The average molecular weight is 480 g/mol. The normalized spacial score (nSPS) is 16.0. The molecule has 0 saturated carbocycles. The second-order valence-corrected chi connectivity index (χ2v) is 9.25. The second-order valence-electron chi connectivity index (χ2n) is 7.57. The second kappa shape index (κ2) is 13.5. The molecule has 2 rings (SSSR count). The molecule has 0 aromatic heterocycles. The highest BCUT2D eigenvalue weighted by molar-refractivity contribution is 8.26. The van der Waals surface area contributed by atoms with Crippen molar-refractivity contribution in [3.05, 3.63) is 28.7 Å². The van der Waals surface area contributed by atoms with Gasteiger partial charge in [-0.15, -0.1) is 0 Å². The minimum Gasteiger partial charge on any atom is -0.490 e. The molecule has 1 aromatic rings. The van der Waals surface area contributed by atoms with Gasteiger partial charge in [-0.1, -0.05) is 76.0 Å². The molecule has 1 aliphatic rings. The van der Waals surface area contributed by atoms with E-state index < -0.39 is 12.0 Å². The molecule has 1 aliphatic heterocycles. The van der Waals surface area contributed by atoms with Gasteiger partial charge in [-0.2, -0.15) is 0 Å². The summed E-state index contributed by atoms with van der Waals surface area (Å²) in [5, 5.41) is 9.40. The molecule has 1 saturated heterocycles. The maximum atomic E-state index is 12.8. The molecular weight excluding hydrogens is 446 g/mol. The summed E-state index contributed by atoms with van der Waals surface area (Å²) in [5.74, 6) is -0.132. The fraction of sp³-hybridized carbons (Fsp3) is 0.542. The Balaban J connectivity index is 2.08. The number of amides is 1. The number of hydrogen-bond acceptors (Lipinski definition) is 6. The van der Waals surface area contributed by atoms with Crippen LogP contribution in [0.4, 0.5) is 0 Å². The van der Waals surface area contributed by atoms with Crippen molar-refractivity contribution in [3.8, 4) is 11.5 Å². The van der Waals surface area contributed by atoms with Gasteiger partial charge < -0.3 is 14.6 Å². The van der Waals surface area contributed by atoms with Crippen LogP contribution in [-0.2, 0) is 9.59 Å². The highest BCUT2D eigenvalue weighted by Gasteiger charge is 2.39. The number of carboxylic acid groups (broad SMARTS) is 1. The lowest BCUT2D eigenvalue weighted by atomic mass is 10.1. The molecule has 0 spiro atoms. The van der Waals surface area contributed by atoms with Crippen molar-refractivity contribution in [3.63, 3.8) is 0 Å². The van der Waals surface area contributed by atoms with Crippen molar-refractivity contribution in [2.24, 2.45) is 0 Å². The van der Waals surface area contributed by atoms with Gasteiger partial charge in [0.15, 0.2) is 11.5 Å². The van der Waals surface area contributed by atoms with E-state index in [0.717, 1.165) is 30.2 Å². The van der Waals surface area contributed by atoms with E-state index in [-0.39, 0.29) is 16.6 Å². The van der Waals surface area contributed by atoms with Gasteiger partial charge in [-0.05, 0) is 43.5 Å². The molecule has 1 atom stereocenters. The number of thioether (sulfide) groups is 1. The standard InChI is InChI=1S/C24H33NO5S2/c1-4-7-8-9-10-11-14-30-19-13-12-17(15-20(19)29-6-3)16-21-22(26)25(24(31)32-21)18(5-2)23(27)28/h12-13,15-16,18H,4-11,14H2,1-3H3,(H,27,28)/b21-16+. The summed E-state index contributed by atoms with van der Waals surface area (Å²) < 4.78 is 11.9. The van der Waals surface area contributed by atoms with E-state index in [2.05, 4.69) is 6.92 Å². The van der Waals surface area contributed by atoms with Crippen LogP contribution in [-0.4, -0.2) is 45.5 Å². The fourth-order valence-electron chi connectivity index (χ4n) is 3.43.